The Morgan fingerprint density at radius 2 is 1.72 bits per heavy atom. The number of halogens is 1. The molecule has 0 saturated carbocycles. The van der Waals surface area contributed by atoms with Crippen LogP contribution in [0.4, 0.5) is 4.39 Å². The molecule has 128 valence electrons. The predicted molar refractivity (Wildman–Crippen MR) is 88.8 cm³/mol. The van der Waals surface area contributed by atoms with E-state index in [2.05, 4.69) is 10.4 Å². The Balaban J connectivity index is 2.27. The number of nitrogens with zero attached hydrogens (tertiary/aromatic N) is 2. The third-order valence-electron chi connectivity index (χ3n) is 3.55. The van der Waals surface area contributed by atoms with Crippen LogP contribution >= 0.6 is 0 Å². The van der Waals surface area contributed by atoms with Crippen LogP contribution in [0.15, 0.2) is 70.6 Å². The first-order chi connectivity index (χ1) is 11.9. The standard InChI is InChI=1S/C17H14FN3O3S/c1-19-17(22)14-11-16(25(23,24)12-7-3-2-4-8-12)21(20-14)15-10-6-5-9-13(15)18/h2-11H,1H3,(H,19,22). The summed E-state index contributed by atoms with van der Waals surface area (Å²) in [5.41, 5.74) is -0.188. The second-order valence-corrected chi connectivity index (χ2v) is 7.02. The molecule has 0 aliphatic rings. The highest BCUT2D eigenvalue weighted by Crippen LogP contribution is 2.25. The van der Waals surface area contributed by atoms with Gasteiger partial charge in [0.15, 0.2) is 10.7 Å². The summed E-state index contributed by atoms with van der Waals surface area (Å²) in [5.74, 6) is -1.22. The third-order valence-corrected chi connectivity index (χ3v) is 5.28. The van der Waals surface area contributed by atoms with Crippen LogP contribution in [0.2, 0.25) is 0 Å². The number of rotatable bonds is 4. The van der Waals surface area contributed by atoms with Gasteiger partial charge in [-0.3, -0.25) is 4.79 Å². The summed E-state index contributed by atoms with van der Waals surface area (Å²) in [7, 11) is -2.60. The lowest BCUT2D eigenvalue weighted by Crippen LogP contribution is -2.18. The number of nitrogens with one attached hydrogen (secondary N) is 1. The van der Waals surface area contributed by atoms with Gasteiger partial charge < -0.3 is 5.32 Å². The molecule has 0 aliphatic heterocycles. The largest absolute Gasteiger partial charge is 0.354 e. The van der Waals surface area contributed by atoms with E-state index in [1.54, 1.807) is 24.3 Å². The summed E-state index contributed by atoms with van der Waals surface area (Å²) in [6, 6.07) is 14.4. The van der Waals surface area contributed by atoms with Crippen molar-refractivity contribution in [2.45, 2.75) is 9.92 Å². The van der Waals surface area contributed by atoms with Gasteiger partial charge in [0, 0.05) is 13.1 Å². The van der Waals surface area contributed by atoms with E-state index in [1.165, 1.54) is 37.4 Å². The molecule has 0 fully saturated rings. The lowest BCUT2D eigenvalue weighted by Gasteiger charge is -2.09. The van der Waals surface area contributed by atoms with Crippen molar-refractivity contribution in [2.75, 3.05) is 7.05 Å². The predicted octanol–water partition coefficient (Wildman–Crippen LogP) is 2.20. The summed E-state index contributed by atoms with van der Waals surface area (Å²) in [5, 5.41) is 6.08. The molecule has 1 amide bonds. The van der Waals surface area contributed by atoms with Crippen LogP contribution < -0.4 is 5.32 Å². The summed E-state index contributed by atoms with van der Waals surface area (Å²) < 4.78 is 41.0. The van der Waals surface area contributed by atoms with Gasteiger partial charge in [-0.2, -0.15) is 5.10 Å². The molecule has 0 aliphatic carbocycles. The molecule has 3 rings (SSSR count). The average Bonchev–Trinajstić information content (AvgIpc) is 3.08. The fourth-order valence-electron chi connectivity index (χ4n) is 2.31. The summed E-state index contributed by atoms with van der Waals surface area (Å²) in [6.07, 6.45) is 0. The van der Waals surface area contributed by atoms with Crippen molar-refractivity contribution in [3.8, 4) is 5.69 Å². The third kappa shape index (κ3) is 3.03. The molecule has 8 heteroatoms. The minimum atomic E-state index is -4.00. The lowest BCUT2D eigenvalue weighted by molar-refractivity contribution is 0.0957. The first-order valence-electron chi connectivity index (χ1n) is 7.32. The smallest absolute Gasteiger partial charge is 0.271 e. The van der Waals surface area contributed by atoms with Gasteiger partial charge in [-0.05, 0) is 24.3 Å². The highest BCUT2D eigenvalue weighted by molar-refractivity contribution is 7.91. The first-order valence-corrected chi connectivity index (χ1v) is 8.80. The molecule has 0 atom stereocenters. The average molecular weight is 359 g/mol. The Labute approximate surface area is 143 Å². The maximum atomic E-state index is 14.2. The van der Waals surface area contributed by atoms with Crippen LogP contribution in [0.3, 0.4) is 0 Å². The number of carbonyl (C=O) groups is 1. The summed E-state index contributed by atoms with van der Waals surface area (Å²) in [4.78, 5) is 11.9. The first kappa shape index (κ1) is 16.8. The van der Waals surface area contributed by atoms with Gasteiger partial charge in [0.2, 0.25) is 9.84 Å². The van der Waals surface area contributed by atoms with Crippen LogP contribution in [0.1, 0.15) is 10.5 Å². The van der Waals surface area contributed by atoms with E-state index in [0.717, 1.165) is 10.7 Å². The number of sulfone groups is 1. The topological polar surface area (TPSA) is 81.1 Å². The minimum absolute atomic E-state index is 0.0240. The Hall–Kier alpha value is -3.00. The van der Waals surface area contributed by atoms with E-state index in [0.29, 0.717) is 0 Å². The van der Waals surface area contributed by atoms with Gasteiger partial charge in [-0.25, -0.2) is 17.5 Å². The van der Waals surface area contributed by atoms with Crippen LogP contribution in [-0.4, -0.2) is 31.2 Å². The molecule has 0 spiro atoms. The normalized spacial score (nSPS) is 11.3. The fraction of sp³-hybridized carbons (Fsp3) is 0.0588. The van der Waals surface area contributed by atoms with Crippen molar-refractivity contribution in [2.24, 2.45) is 0 Å². The number of hydrogen-bond donors (Lipinski definition) is 1. The second kappa shape index (κ2) is 6.48. The molecule has 6 nitrogen and oxygen atoms in total. The minimum Gasteiger partial charge on any atom is -0.354 e. The van der Waals surface area contributed by atoms with Gasteiger partial charge in [0.1, 0.15) is 11.5 Å². The zero-order chi connectivity index (χ0) is 18.0. The summed E-state index contributed by atoms with van der Waals surface area (Å²) in [6.45, 7) is 0. The lowest BCUT2D eigenvalue weighted by atomic mass is 10.3. The molecule has 25 heavy (non-hydrogen) atoms. The Morgan fingerprint density at radius 3 is 2.36 bits per heavy atom. The van der Waals surface area contributed by atoms with Crippen molar-refractivity contribution in [3.63, 3.8) is 0 Å². The van der Waals surface area contributed by atoms with Crippen molar-refractivity contribution < 1.29 is 17.6 Å². The molecule has 0 saturated heterocycles. The zero-order valence-electron chi connectivity index (χ0n) is 13.2. The molecule has 0 unspecified atom stereocenters. The number of aromatic nitrogens is 2. The van der Waals surface area contributed by atoms with Gasteiger partial charge in [0.05, 0.1) is 4.90 Å². The molecule has 3 aromatic rings. The maximum absolute atomic E-state index is 14.2. The quantitative estimate of drug-likeness (QED) is 0.774. The molecule has 0 radical (unpaired) electrons. The number of para-hydroxylation sites is 1. The van der Waals surface area contributed by atoms with E-state index >= 15 is 0 Å². The van der Waals surface area contributed by atoms with Crippen molar-refractivity contribution in [1.82, 2.24) is 15.1 Å². The van der Waals surface area contributed by atoms with Gasteiger partial charge >= 0.3 is 0 Å². The van der Waals surface area contributed by atoms with E-state index in [-0.39, 0.29) is 21.3 Å². The Bertz CT molecular complexity index is 1030. The molecule has 1 N–H and O–H groups in total. The van der Waals surface area contributed by atoms with E-state index < -0.39 is 21.6 Å². The van der Waals surface area contributed by atoms with Crippen molar-refractivity contribution in [1.29, 1.82) is 0 Å². The van der Waals surface area contributed by atoms with Crippen LogP contribution in [0, 0.1) is 5.82 Å². The maximum Gasteiger partial charge on any atom is 0.271 e. The highest BCUT2D eigenvalue weighted by atomic mass is 32.2. The Morgan fingerprint density at radius 1 is 1.08 bits per heavy atom. The second-order valence-electron chi connectivity index (χ2n) is 5.13. The van der Waals surface area contributed by atoms with Gasteiger partial charge in [-0.1, -0.05) is 30.3 Å². The van der Waals surface area contributed by atoms with Gasteiger partial charge in [-0.15, -0.1) is 0 Å². The Kier molecular flexibility index (Phi) is 4.37. The number of benzene rings is 2. The zero-order valence-corrected chi connectivity index (χ0v) is 14.0. The molecular weight excluding hydrogens is 345 g/mol. The fourth-order valence-corrected chi connectivity index (χ4v) is 3.70. The number of hydrogen-bond acceptors (Lipinski definition) is 4. The number of amides is 1. The van der Waals surface area contributed by atoms with E-state index in [1.807, 2.05) is 0 Å². The monoisotopic (exact) mass is 359 g/mol. The van der Waals surface area contributed by atoms with Gasteiger partial charge in [0.25, 0.3) is 5.91 Å². The highest BCUT2D eigenvalue weighted by Gasteiger charge is 2.27. The summed E-state index contributed by atoms with van der Waals surface area (Å²) >= 11 is 0. The SMILES string of the molecule is CNC(=O)c1cc(S(=O)(=O)c2ccccc2)n(-c2ccccc2F)n1. The molecule has 1 heterocycles. The van der Waals surface area contributed by atoms with Crippen LogP contribution in [0.25, 0.3) is 5.69 Å². The van der Waals surface area contributed by atoms with Crippen molar-refractivity contribution >= 4 is 15.7 Å². The molecule has 0 bridgehead atoms. The van der Waals surface area contributed by atoms with Crippen LogP contribution in [0.5, 0.6) is 0 Å². The van der Waals surface area contributed by atoms with Crippen molar-refractivity contribution in [3.05, 3.63) is 72.2 Å². The molecular formula is C17H14FN3O3S. The van der Waals surface area contributed by atoms with Crippen LogP contribution in [-0.2, 0) is 9.84 Å². The van der Waals surface area contributed by atoms with E-state index in [9.17, 15) is 17.6 Å². The van der Waals surface area contributed by atoms with E-state index in [4.69, 9.17) is 0 Å². The molecule has 1 aromatic heterocycles. The number of carbonyl (C=O) groups excluding carboxylic acids is 1. The molecule has 2 aromatic carbocycles.